The molecule has 0 atom stereocenters. The molecular weight excluding hydrogens is 227 g/mol. The van der Waals surface area contributed by atoms with Gasteiger partial charge in [-0.3, -0.25) is 4.98 Å². The van der Waals surface area contributed by atoms with Gasteiger partial charge in [0.05, 0.1) is 10.5 Å². The maximum atomic E-state index is 5.82. The number of aromatic amines is 1. The monoisotopic (exact) mass is 230 g/mol. The van der Waals surface area contributed by atoms with Crippen molar-refractivity contribution in [3.8, 4) is 0 Å². The fourth-order valence-corrected chi connectivity index (χ4v) is 1.49. The number of aromatic nitrogens is 2. The molecule has 2 nitrogen and oxygen atoms in total. The quantitative estimate of drug-likeness (QED) is 0.742. The molecule has 2 rings (SSSR count). The van der Waals surface area contributed by atoms with Crippen molar-refractivity contribution in [2.45, 2.75) is 0 Å². The van der Waals surface area contributed by atoms with E-state index in [1.807, 2.05) is 6.07 Å². The van der Waals surface area contributed by atoms with Crippen molar-refractivity contribution in [3.05, 3.63) is 28.0 Å². The number of halogens is 2. The first-order chi connectivity index (χ1) is 5.27. The zero-order valence-electron chi connectivity index (χ0n) is 5.44. The third-order valence-electron chi connectivity index (χ3n) is 1.43. The lowest BCUT2D eigenvalue weighted by atomic mass is 10.4. The summed E-state index contributed by atoms with van der Waals surface area (Å²) in [4.78, 5) is 7.13. The molecule has 0 aromatic carbocycles. The lowest BCUT2D eigenvalue weighted by Crippen LogP contribution is -1.73. The fraction of sp³-hybridized carbons (Fsp3) is 0. The van der Waals surface area contributed by atoms with Crippen molar-refractivity contribution in [2.24, 2.45) is 0 Å². The van der Waals surface area contributed by atoms with Crippen molar-refractivity contribution in [2.75, 3.05) is 0 Å². The van der Waals surface area contributed by atoms with E-state index in [1.54, 1.807) is 12.4 Å². The number of fused-ring (bicyclic) bond motifs is 1. The van der Waals surface area contributed by atoms with Gasteiger partial charge in [0.15, 0.2) is 0 Å². The molecule has 0 saturated carbocycles. The number of H-pyrrole nitrogens is 1. The van der Waals surface area contributed by atoms with Gasteiger partial charge in [-0.25, -0.2) is 0 Å². The van der Waals surface area contributed by atoms with Crippen molar-refractivity contribution >= 4 is 38.6 Å². The molecule has 2 aromatic heterocycles. The van der Waals surface area contributed by atoms with E-state index < -0.39 is 0 Å². The van der Waals surface area contributed by atoms with Gasteiger partial charge in [0.25, 0.3) is 0 Å². The topological polar surface area (TPSA) is 28.7 Å². The van der Waals surface area contributed by atoms with Crippen molar-refractivity contribution in [3.63, 3.8) is 0 Å². The summed E-state index contributed by atoms with van der Waals surface area (Å²) in [6.07, 6.45) is 3.45. The van der Waals surface area contributed by atoms with Crippen LogP contribution in [0.4, 0.5) is 0 Å². The molecule has 2 aromatic rings. The molecule has 0 aliphatic heterocycles. The minimum absolute atomic E-state index is 0.660. The van der Waals surface area contributed by atoms with E-state index in [-0.39, 0.29) is 0 Å². The number of rotatable bonds is 0. The number of hydrogen-bond donors (Lipinski definition) is 1. The van der Waals surface area contributed by atoms with Crippen LogP contribution >= 0.6 is 27.5 Å². The van der Waals surface area contributed by atoms with E-state index >= 15 is 0 Å². The van der Waals surface area contributed by atoms with Gasteiger partial charge in [-0.15, -0.1) is 0 Å². The molecule has 11 heavy (non-hydrogen) atoms. The number of hydrogen-bond acceptors (Lipinski definition) is 1. The van der Waals surface area contributed by atoms with Gasteiger partial charge in [-0.1, -0.05) is 11.6 Å². The highest BCUT2D eigenvalue weighted by atomic mass is 79.9. The van der Waals surface area contributed by atoms with Crippen LogP contribution in [0.2, 0.25) is 5.02 Å². The third kappa shape index (κ3) is 1.14. The summed E-state index contributed by atoms with van der Waals surface area (Å²) in [6.45, 7) is 0. The molecule has 0 radical (unpaired) electrons. The average Bonchev–Trinajstić information content (AvgIpc) is 2.32. The van der Waals surface area contributed by atoms with Gasteiger partial charge in [-0.2, -0.15) is 0 Å². The smallest absolute Gasteiger partial charge is 0.107 e. The molecule has 0 unspecified atom stereocenters. The Balaban J connectivity index is 2.86. The zero-order chi connectivity index (χ0) is 7.84. The predicted octanol–water partition coefficient (Wildman–Crippen LogP) is 2.98. The molecule has 0 saturated heterocycles. The summed E-state index contributed by atoms with van der Waals surface area (Å²) in [5, 5.41) is 0.660. The highest BCUT2D eigenvalue weighted by Crippen LogP contribution is 2.22. The Bertz CT molecular complexity index is 396. The minimum atomic E-state index is 0.660. The lowest BCUT2D eigenvalue weighted by Gasteiger charge is -1.89. The molecule has 4 heteroatoms. The summed E-state index contributed by atoms with van der Waals surface area (Å²) in [7, 11) is 0. The van der Waals surface area contributed by atoms with Crippen LogP contribution in [0.5, 0.6) is 0 Å². The Kier molecular flexibility index (Phi) is 1.62. The molecule has 0 bridgehead atoms. The van der Waals surface area contributed by atoms with Gasteiger partial charge in [0, 0.05) is 16.9 Å². The summed E-state index contributed by atoms with van der Waals surface area (Å²) in [5.41, 5.74) is 1.76. The predicted molar refractivity (Wildman–Crippen MR) is 48.8 cm³/mol. The molecule has 0 fully saturated rings. The van der Waals surface area contributed by atoms with Gasteiger partial charge in [0.1, 0.15) is 5.52 Å². The first-order valence-corrected chi connectivity index (χ1v) is 4.22. The molecule has 0 aliphatic carbocycles. The van der Waals surface area contributed by atoms with Crippen LogP contribution in [-0.4, -0.2) is 9.97 Å². The molecule has 0 spiro atoms. The highest BCUT2D eigenvalue weighted by molar-refractivity contribution is 9.10. The van der Waals surface area contributed by atoms with Crippen LogP contribution in [0, 0.1) is 0 Å². The van der Waals surface area contributed by atoms with E-state index in [9.17, 15) is 0 Å². The second-order valence-corrected chi connectivity index (χ2v) is 3.51. The van der Waals surface area contributed by atoms with E-state index in [0.717, 1.165) is 15.5 Å². The van der Waals surface area contributed by atoms with E-state index in [4.69, 9.17) is 11.6 Å². The maximum absolute atomic E-state index is 5.82. The van der Waals surface area contributed by atoms with Crippen molar-refractivity contribution < 1.29 is 0 Å². The maximum Gasteiger partial charge on any atom is 0.107 e. The fourth-order valence-electron chi connectivity index (χ4n) is 0.949. The van der Waals surface area contributed by atoms with Crippen LogP contribution in [0.25, 0.3) is 11.0 Å². The molecule has 0 aliphatic rings. The molecule has 1 N–H and O–H groups in total. The minimum Gasteiger partial charge on any atom is -0.358 e. The SMILES string of the molecule is Clc1c[nH]c2cc(Br)cnc12. The van der Waals surface area contributed by atoms with Crippen LogP contribution in [0.3, 0.4) is 0 Å². The largest absolute Gasteiger partial charge is 0.358 e. The van der Waals surface area contributed by atoms with Crippen LogP contribution in [0.15, 0.2) is 22.9 Å². The normalized spacial score (nSPS) is 10.7. The Morgan fingerprint density at radius 1 is 1.55 bits per heavy atom. The third-order valence-corrected chi connectivity index (χ3v) is 2.16. The van der Waals surface area contributed by atoms with Crippen LogP contribution < -0.4 is 0 Å². The van der Waals surface area contributed by atoms with E-state index in [1.165, 1.54) is 0 Å². The van der Waals surface area contributed by atoms with Crippen LogP contribution in [0.1, 0.15) is 0 Å². The Morgan fingerprint density at radius 2 is 2.36 bits per heavy atom. The summed E-state index contributed by atoms with van der Waals surface area (Å²) in [6, 6.07) is 1.94. The molecular formula is C7H4BrClN2. The Morgan fingerprint density at radius 3 is 3.18 bits per heavy atom. The van der Waals surface area contributed by atoms with Gasteiger partial charge in [0.2, 0.25) is 0 Å². The number of pyridine rings is 1. The van der Waals surface area contributed by atoms with E-state index in [0.29, 0.717) is 5.02 Å². The summed E-state index contributed by atoms with van der Waals surface area (Å²) in [5.74, 6) is 0. The van der Waals surface area contributed by atoms with E-state index in [2.05, 4.69) is 25.9 Å². The first kappa shape index (κ1) is 7.13. The molecule has 56 valence electrons. The standard InChI is InChI=1S/C7H4BrClN2/c8-4-1-6-7(11-2-4)5(9)3-10-6/h1-3,10H. The number of nitrogens with zero attached hydrogens (tertiary/aromatic N) is 1. The Hall–Kier alpha value is -0.540. The summed E-state index contributed by atoms with van der Waals surface area (Å²) < 4.78 is 0.948. The van der Waals surface area contributed by atoms with Gasteiger partial charge >= 0.3 is 0 Å². The zero-order valence-corrected chi connectivity index (χ0v) is 7.78. The molecule has 0 amide bonds. The van der Waals surface area contributed by atoms with Gasteiger partial charge < -0.3 is 4.98 Å². The van der Waals surface area contributed by atoms with Gasteiger partial charge in [-0.05, 0) is 22.0 Å². The first-order valence-electron chi connectivity index (χ1n) is 3.05. The second-order valence-electron chi connectivity index (χ2n) is 2.19. The summed E-state index contributed by atoms with van der Waals surface area (Å²) >= 11 is 9.13. The number of nitrogens with one attached hydrogen (secondary N) is 1. The second kappa shape index (κ2) is 2.50. The highest BCUT2D eigenvalue weighted by Gasteiger charge is 2.01. The Labute approximate surface area is 76.7 Å². The van der Waals surface area contributed by atoms with Crippen LogP contribution in [-0.2, 0) is 0 Å². The lowest BCUT2D eigenvalue weighted by molar-refractivity contribution is 1.38. The average molecular weight is 231 g/mol. The molecule has 2 heterocycles. The van der Waals surface area contributed by atoms with Crippen molar-refractivity contribution in [1.82, 2.24) is 9.97 Å². The van der Waals surface area contributed by atoms with Crippen molar-refractivity contribution in [1.29, 1.82) is 0 Å².